The Hall–Kier alpha value is -3.91. The molecule has 4 amide bonds. The van der Waals surface area contributed by atoms with Crippen LogP contribution in [-0.2, 0) is 29.1 Å². The number of sulfonamides is 1. The predicted octanol–water partition coefficient (Wildman–Crippen LogP) is 5.55. The average molecular weight is 786 g/mol. The maximum absolute atomic E-state index is 14.6. The van der Waals surface area contributed by atoms with Gasteiger partial charge in [-0.25, -0.2) is 13.2 Å². The smallest absolute Gasteiger partial charge is 0.408 e. The minimum absolute atomic E-state index is 0.0152. The van der Waals surface area contributed by atoms with Gasteiger partial charge in [0.1, 0.15) is 35.6 Å². The zero-order valence-corrected chi connectivity index (χ0v) is 33.1. The predicted molar refractivity (Wildman–Crippen MR) is 204 cm³/mol. The average Bonchev–Trinajstić information content (AvgIpc) is 3.94. The van der Waals surface area contributed by atoms with Gasteiger partial charge in [0.2, 0.25) is 21.8 Å². The van der Waals surface area contributed by atoms with Crippen LogP contribution in [-0.4, -0.2) is 83.2 Å². The monoisotopic (exact) mass is 785 g/mol. The molecule has 15 heteroatoms. The Morgan fingerprint density at radius 3 is 2.48 bits per heavy atom. The number of halogens is 1. The van der Waals surface area contributed by atoms with Crippen LogP contribution in [0, 0.1) is 11.3 Å². The molecule has 4 aliphatic rings. The van der Waals surface area contributed by atoms with Crippen LogP contribution in [0.25, 0.3) is 10.9 Å². The van der Waals surface area contributed by atoms with Gasteiger partial charge in [-0.1, -0.05) is 58.2 Å². The number of fused-ring (bicyclic) bond motifs is 1. The second kappa shape index (κ2) is 15.3. The molecule has 1 aromatic heterocycles. The molecule has 1 aliphatic heterocycles. The second-order valence-electron chi connectivity index (χ2n) is 16.4. The fraction of sp³-hybridized carbons (Fsp3) is 0.615. The van der Waals surface area contributed by atoms with Crippen molar-refractivity contribution in [3.05, 3.63) is 48.1 Å². The van der Waals surface area contributed by atoms with Crippen molar-refractivity contribution in [3.8, 4) is 5.75 Å². The number of hydrogen-bond donors (Lipinski definition) is 3. The van der Waals surface area contributed by atoms with Gasteiger partial charge < -0.3 is 25.0 Å². The molecular weight excluding hydrogens is 734 g/mol. The van der Waals surface area contributed by atoms with Crippen molar-refractivity contribution in [2.75, 3.05) is 6.54 Å². The van der Waals surface area contributed by atoms with E-state index in [0.717, 1.165) is 32.1 Å². The van der Waals surface area contributed by atoms with Crippen LogP contribution in [0.2, 0.25) is 5.02 Å². The van der Waals surface area contributed by atoms with E-state index < -0.39 is 73.6 Å². The van der Waals surface area contributed by atoms with Gasteiger partial charge in [0.05, 0.1) is 16.8 Å². The lowest BCUT2D eigenvalue weighted by molar-refractivity contribution is -0.143. The Labute approximate surface area is 322 Å². The number of likely N-dealkylation sites (tertiary alicyclic amines) is 1. The van der Waals surface area contributed by atoms with Crippen molar-refractivity contribution >= 4 is 56.3 Å². The first kappa shape index (κ1) is 39.8. The molecule has 5 atom stereocenters. The van der Waals surface area contributed by atoms with Gasteiger partial charge in [-0.3, -0.25) is 24.1 Å². The lowest BCUT2D eigenvalue weighted by Crippen LogP contribution is -2.60. The van der Waals surface area contributed by atoms with Gasteiger partial charge in [0, 0.05) is 28.9 Å². The summed E-state index contributed by atoms with van der Waals surface area (Å²) in [5.41, 5.74) is -1.75. The van der Waals surface area contributed by atoms with Crippen molar-refractivity contribution in [1.29, 1.82) is 0 Å². The molecule has 0 radical (unpaired) electrons. The number of carbonyl (C=O) groups excluding carboxylic acids is 4. The normalized spacial score (nSPS) is 25.4. The standard InChI is InChI=1S/C39H52ClN5O8S/c1-6-8-16-38(17-18-38)54(50,51)44-35(48)39(22-24(39)7-2)43-33(46)30-21-27(52-31-15-19-41-29-20-25(40)13-14-28(29)31)23-45(30)34(47)32(37(3,4)5)42-36(49)53-26-11-9-10-12-26/h7,13-15,19-20,24,26-27,30,32H,2,6,8-12,16-18,21-23H2,1,3-5H3,(H,42,49)(H,43,46)(H,44,48)/t24-,27+,30-,32+,39?/m0/s1. The van der Waals surface area contributed by atoms with Crippen molar-refractivity contribution < 1.29 is 37.1 Å². The van der Waals surface area contributed by atoms with Crippen LogP contribution < -0.4 is 20.1 Å². The summed E-state index contributed by atoms with van der Waals surface area (Å²) < 4.78 is 40.4. The maximum Gasteiger partial charge on any atom is 0.408 e. The summed E-state index contributed by atoms with van der Waals surface area (Å²) in [5.74, 6) is -2.03. The summed E-state index contributed by atoms with van der Waals surface area (Å²) in [6.07, 6.45) is 8.06. The van der Waals surface area contributed by atoms with Crippen molar-refractivity contribution in [2.45, 2.75) is 133 Å². The molecule has 4 fully saturated rings. The third-order valence-electron chi connectivity index (χ3n) is 11.4. The molecule has 3 N–H and O–H groups in total. The van der Waals surface area contributed by atoms with Crippen LogP contribution >= 0.6 is 11.6 Å². The third-order valence-corrected chi connectivity index (χ3v) is 13.8. The van der Waals surface area contributed by atoms with Gasteiger partial charge in [-0.15, -0.1) is 6.58 Å². The third kappa shape index (κ3) is 8.19. The molecule has 1 saturated heterocycles. The summed E-state index contributed by atoms with van der Waals surface area (Å²) in [7, 11) is -4.02. The van der Waals surface area contributed by atoms with Crippen LogP contribution in [0.15, 0.2) is 43.1 Å². The number of benzene rings is 1. The molecule has 0 spiro atoms. The van der Waals surface area contributed by atoms with Crippen LogP contribution in [0.3, 0.4) is 0 Å². The number of rotatable bonds is 14. The van der Waals surface area contributed by atoms with E-state index in [2.05, 4.69) is 26.9 Å². The van der Waals surface area contributed by atoms with E-state index in [9.17, 15) is 27.6 Å². The minimum atomic E-state index is -4.02. The zero-order chi connectivity index (χ0) is 39.1. The Bertz CT molecular complexity index is 1910. The number of nitrogens with one attached hydrogen (secondary N) is 3. The number of aromatic nitrogens is 1. The number of hydrogen-bond acceptors (Lipinski definition) is 9. The van der Waals surface area contributed by atoms with Gasteiger partial charge in [0.15, 0.2) is 0 Å². The lowest BCUT2D eigenvalue weighted by Gasteiger charge is -2.35. The van der Waals surface area contributed by atoms with E-state index in [1.165, 1.54) is 11.0 Å². The molecule has 1 aromatic carbocycles. The number of ether oxygens (including phenoxy) is 2. The maximum atomic E-state index is 14.6. The van der Waals surface area contributed by atoms with Crippen molar-refractivity contribution in [3.63, 3.8) is 0 Å². The topological polar surface area (TPSA) is 173 Å². The first-order valence-corrected chi connectivity index (χ1v) is 20.9. The van der Waals surface area contributed by atoms with E-state index in [-0.39, 0.29) is 25.5 Å². The number of nitrogens with zero attached hydrogens (tertiary/aromatic N) is 2. The minimum Gasteiger partial charge on any atom is -0.488 e. The summed E-state index contributed by atoms with van der Waals surface area (Å²) in [6.45, 7) is 11.2. The van der Waals surface area contributed by atoms with Crippen LogP contribution in [0.5, 0.6) is 5.75 Å². The van der Waals surface area contributed by atoms with Gasteiger partial charge in [-0.2, -0.15) is 0 Å². The molecule has 2 aromatic rings. The molecule has 54 heavy (non-hydrogen) atoms. The van der Waals surface area contributed by atoms with Gasteiger partial charge >= 0.3 is 6.09 Å². The zero-order valence-electron chi connectivity index (χ0n) is 31.5. The van der Waals surface area contributed by atoms with E-state index in [0.29, 0.717) is 47.4 Å². The number of pyridine rings is 1. The number of amides is 4. The Kier molecular flexibility index (Phi) is 11.3. The van der Waals surface area contributed by atoms with Gasteiger partial charge in [-0.05, 0) is 81.0 Å². The first-order valence-electron chi connectivity index (χ1n) is 19.0. The highest BCUT2D eigenvalue weighted by atomic mass is 35.5. The molecule has 294 valence electrons. The lowest BCUT2D eigenvalue weighted by atomic mass is 9.85. The number of carbonyl (C=O) groups is 4. The fourth-order valence-electron chi connectivity index (χ4n) is 7.83. The SMILES string of the molecule is C=C[C@H]1CC1(NC(=O)[C@@H]1C[C@@H](Oc2ccnc3cc(Cl)ccc23)CN1C(=O)[C@@H](NC(=O)OC1CCCC1)C(C)(C)C)C(=O)NS(=O)(=O)C1(CCCC)CC1. The van der Waals surface area contributed by atoms with E-state index in [1.54, 1.807) is 30.5 Å². The molecule has 3 saturated carbocycles. The van der Waals surface area contributed by atoms with Crippen molar-refractivity contribution in [1.82, 2.24) is 25.2 Å². The highest BCUT2D eigenvalue weighted by Gasteiger charge is 2.63. The Morgan fingerprint density at radius 2 is 1.85 bits per heavy atom. The molecule has 6 rings (SSSR count). The second-order valence-corrected chi connectivity index (χ2v) is 18.9. The first-order chi connectivity index (χ1) is 25.5. The van der Waals surface area contributed by atoms with E-state index in [4.69, 9.17) is 21.1 Å². The molecule has 13 nitrogen and oxygen atoms in total. The number of alkyl carbamates (subject to hydrolysis) is 1. The quantitative estimate of drug-likeness (QED) is 0.208. The molecule has 1 unspecified atom stereocenters. The van der Waals surface area contributed by atoms with Crippen LogP contribution in [0.1, 0.15) is 98.3 Å². The van der Waals surface area contributed by atoms with E-state index >= 15 is 0 Å². The molecule has 3 aliphatic carbocycles. The van der Waals surface area contributed by atoms with Crippen molar-refractivity contribution in [2.24, 2.45) is 11.3 Å². The van der Waals surface area contributed by atoms with E-state index in [1.807, 2.05) is 27.7 Å². The van der Waals surface area contributed by atoms with Crippen LogP contribution in [0.4, 0.5) is 4.79 Å². The summed E-state index contributed by atoms with van der Waals surface area (Å²) >= 11 is 6.20. The summed E-state index contributed by atoms with van der Waals surface area (Å²) in [5, 5.41) is 6.82. The summed E-state index contributed by atoms with van der Waals surface area (Å²) in [4.78, 5) is 61.7. The largest absolute Gasteiger partial charge is 0.488 e. The molecule has 0 bridgehead atoms. The van der Waals surface area contributed by atoms with Gasteiger partial charge in [0.25, 0.3) is 5.91 Å². The fourth-order valence-corrected chi connectivity index (χ4v) is 9.69. The molecular formula is C39H52ClN5O8S. The highest BCUT2D eigenvalue weighted by Crippen LogP contribution is 2.49. The molecule has 2 heterocycles. The highest BCUT2D eigenvalue weighted by molar-refractivity contribution is 7.91. The Balaban J connectivity index is 1.26. The number of unbranched alkanes of at least 4 members (excludes halogenated alkanes) is 1. The summed E-state index contributed by atoms with van der Waals surface area (Å²) in [6, 6.07) is 4.69. The Morgan fingerprint density at radius 1 is 1.13 bits per heavy atom.